The molecule has 2 aromatic rings. The molecule has 0 amide bonds. The minimum atomic E-state index is -1.06. The summed E-state index contributed by atoms with van der Waals surface area (Å²) in [5.74, 6) is -2.27. The van der Waals surface area contributed by atoms with Gasteiger partial charge in [-0.1, -0.05) is 6.07 Å². The topological polar surface area (TPSA) is 92.4 Å². The van der Waals surface area contributed by atoms with Crippen LogP contribution in [0.3, 0.4) is 0 Å². The Morgan fingerprint density at radius 3 is 2.80 bits per heavy atom. The van der Waals surface area contributed by atoms with Gasteiger partial charge in [0.15, 0.2) is 17.9 Å². The first kappa shape index (κ1) is 13.7. The first-order valence-electron chi connectivity index (χ1n) is 5.70. The third-order valence-electron chi connectivity index (χ3n) is 2.68. The van der Waals surface area contributed by atoms with E-state index < -0.39 is 17.5 Å². The first-order chi connectivity index (χ1) is 9.49. The van der Waals surface area contributed by atoms with Crippen molar-refractivity contribution in [3.05, 3.63) is 47.0 Å². The standard InChI is InChI=1S/C13H11FN2O4/c14-10-2-1-8(3-12(10)18)5-16-6-9(4-13(19)20)11(7-17)15-16/h1-3,6-7,18H,4-5H2,(H,19,20). The summed E-state index contributed by atoms with van der Waals surface area (Å²) in [6.45, 7) is 0.189. The van der Waals surface area contributed by atoms with Crippen LogP contribution in [0.5, 0.6) is 5.75 Å². The zero-order valence-corrected chi connectivity index (χ0v) is 10.3. The fourth-order valence-electron chi connectivity index (χ4n) is 1.80. The van der Waals surface area contributed by atoms with Crippen LogP contribution >= 0.6 is 0 Å². The monoisotopic (exact) mass is 278 g/mol. The van der Waals surface area contributed by atoms with Gasteiger partial charge in [0.1, 0.15) is 5.69 Å². The number of carboxylic acid groups (broad SMARTS) is 1. The van der Waals surface area contributed by atoms with Crippen LogP contribution in [-0.4, -0.2) is 32.2 Å². The molecular formula is C13H11FN2O4. The van der Waals surface area contributed by atoms with E-state index in [-0.39, 0.29) is 18.7 Å². The molecule has 2 N–H and O–H groups in total. The van der Waals surface area contributed by atoms with Crippen molar-refractivity contribution in [3.63, 3.8) is 0 Å². The normalized spacial score (nSPS) is 10.4. The molecule has 0 fully saturated rings. The van der Waals surface area contributed by atoms with Crippen molar-refractivity contribution in [2.45, 2.75) is 13.0 Å². The number of carboxylic acids is 1. The molecule has 20 heavy (non-hydrogen) atoms. The van der Waals surface area contributed by atoms with Gasteiger partial charge in [0.05, 0.1) is 13.0 Å². The number of carbonyl (C=O) groups excluding carboxylic acids is 1. The van der Waals surface area contributed by atoms with E-state index in [2.05, 4.69) is 5.10 Å². The van der Waals surface area contributed by atoms with Crippen molar-refractivity contribution in [1.82, 2.24) is 9.78 Å². The number of carbonyl (C=O) groups is 2. The van der Waals surface area contributed by atoms with Crippen LogP contribution in [0.2, 0.25) is 0 Å². The van der Waals surface area contributed by atoms with Gasteiger partial charge < -0.3 is 10.2 Å². The zero-order chi connectivity index (χ0) is 14.7. The van der Waals surface area contributed by atoms with Gasteiger partial charge in [-0.25, -0.2) is 4.39 Å². The highest BCUT2D eigenvalue weighted by Crippen LogP contribution is 2.17. The number of aldehydes is 1. The minimum absolute atomic E-state index is 0.0544. The molecule has 1 heterocycles. The molecule has 0 aliphatic rings. The van der Waals surface area contributed by atoms with Crippen LogP contribution in [0.4, 0.5) is 4.39 Å². The molecule has 7 heteroatoms. The predicted octanol–water partition coefficient (Wildman–Crippen LogP) is 1.22. The van der Waals surface area contributed by atoms with Gasteiger partial charge in [0.2, 0.25) is 0 Å². The van der Waals surface area contributed by atoms with Crippen molar-refractivity contribution < 1.29 is 24.2 Å². The maximum atomic E-state index is 12.9. The van der Waals surface area contributed by atoms with Gasteiger partial charge in [-0.2, -0.15) is 5.10 Å². The zero-order valence-electron chi connectivity index (χ0n) is 10.3. The molecule has 0 radical (unpaired) electrons. The molecule has 0 aliphatic heterocycles. The Kier molecular flexibility index (Phi) is 3.79. The Morgan fingerprint density at radius 2 is 2.20 bits per heavy atom. The Bertz CT molecular complexity index is 666. The molecule has 0 saturated carbocycles. The third-order valence-corrected chi connectivity index (χ3v) is 2.68. The van der Waals surface area contributed by atoms with E-state index in [4.69, 9.17) is 5.11 Å². The lowest BCUT2D eigenvalue weighted by Crippen LogP contribution is -2.01. The number of nitrogens with zero attached hydrogens (tertiary/aromatic N) is 2. The van der Waals surface area contributed by atoms with Crippen molar-refractivity contribution in [1.29, 1.82) is 0 Å². The summed E-state index contributed by atoms with van der Waals surface area (Å²) in [4.78, 5) is 21.5. The number of hydrogen-bond acceptors (Lipinski definition) is 4. The largest absolute Gasteiger partial charge is 0.505 e. The van der Waals surface area contributed by atoms with Crippen molar-refractivity contribution in [2.24, 2.45) is 0 Å². The van der Waals surface area contributed by atoms with Crippen molar-refractivity contribution in [3.8, 4) is 5.75 Å². The molecule has 0 spiro atoms. The van der Waals surface area contributed by atoms with Crippen LogP contribution in [0, 0.1) is 5.82 Å². The molecule has 1 aromatic carbocycles. The lowest BCUT2D eigenvalue weighted by atomic mass is 10.2. The number of aromatic nitrogens is 2. The van der Waals surface area contributed by atoms with Crippen LogP contribution < -0.4 is 0 Å². The summed E-state index contributed by atoms with van der Waals surface area (Å²) in [5, 5.41) is 21.9. The average Bonchev–Trinajstić information content (AvgIpc) is 2.75. The van der Waals surface area contributed by atoms with E-state index in [0.29, 0.717) is 17.4 Å². The van der Waals surface area contributed by atoms with Gasteiger partial charge in [-0.15, -0.1) is 0 Å². The fourth-order valence-corrected chi connectivity index (χ4v) is 1.80. The van der Waals surface area contributed by atoms with E-state index in [0.717, 1.165) is 6.07 Å². The Labute approximate surface area is 113 Å². The molecule has 6 nitrogen and oxygen atoms in total. The highest BCUT2D eigenvalue weighted by atomic mass is 19.1. The molecule has 0 saturated heterocycles. The van der Waals surface area contributed by atoms with Crippen molar-refractivity contribution in [2.75, 3.05) is 0 Å². The highest BCUT2D eigenvalue weighted by molar-refractivity contribution is 5.78. The van der Waals surface area contributed by atoms with Crippen LogP contribution in [0.25, 0.3) is 0 Å². The average molecular weight is 278 g/mol. The van der Waals surface area contributed by atoms with Crippen LogP contribution in [0.1, 0.15) is 21.6 Å². The summed E-state index contributed by atoms with van der Waals surface area (Å²) >= 11 is 0. The van der Waals surface area contributed by atoms with E-state index in [1.165, 1.54) is 23.0 Å². The highest BCUT2D eigenvalue weighted by Gasteiger charge is 2.12. The second-order valence-corrected chi connectivity index (χ2v) is 4.21. The Hall–Kier alpha value is -2.70. The van der Waals surface area contributed by atoms with E-state index in [9.17, 15) is 19.1 Å². The molecule has 0 aliphatic carbocycles. The number of hydrogen-bond donors (Lipinski definition) is 2. The van der Waals surface area contributed by atoms with E-state index in [1.54, 1.807) is 0 Å². The fraction of sp³-hybridized carbons (Fsp3) is 0.154. The van der Waals surface area contributed by atoms with Crippen LogP contribution in [-0.2, 0) is 17.8 Å². The van der Waals surface area contributed by atoms with Gasteiger partial charge in [-0.3, -0.25) is 14.3 Å². The predicted molar refractivity (Wildman–Crippen MR) is 66.1 cm³/mol. The summed E-state index contributed by atoms with van der Waals surface area (Å²) < 4.78 is 14.3. The molecular weight excluding hydrogens is 267 g/mol. The third kappa shape index (κ3) is 3.00. The maximum Gasteiger partial charge on any atom is 0.307 e. The van der Waals surface area contributed by atoms with Crippen molar-refractivity contribution >= 4 is 12.3 Å². The molecule has 0 unspecified atom stereocenters. The number of aromatic hydroxyl groups is 1. The molecule has 0 atom stereocenters. The number of aliphatic carboxylic acids is 1. The van der Waals surface area contributed by atoms with Gasteiger partial charge in [0.25, 0.3) is 0 Å². The first-order valence-corrected chi connectivity index (χ1v) is 5.70. The van der Waals surface area contributed by atoms with E-state index >= 15 is 0 Å². The summed E-state index contributed by atoms with van der Waals surface area (Å²) in [6.07, 6.45) is 1.62. The quantitative estimate of drug-likeness (QED) is 0.802. The smallest absolute Gasteiger partial charge is 0.307 e. The number of phenols is 1. The second-order valence-electron chi connectivity index (χ2n) is 4.21. The molecule has 2 rings (SSSR count). The second kappa shape index (κ2) is 5.52. The van der Waals surface area contributed by atoms with E-state index in [1.807, 2.05) is 0 Å². The van der Waals surface area contributed by atoms with Crippen LogP contribution in [0.15, 0.2) is 24.4 Å². The number of phenolic OH excluding ortho intramolecular Hbond substituents is 1. The lowest BCUT2D eigenvalue weighted by molar-refractivity contribution is -0.136. The summed E-state index contributed by atoms with van der Waals surface area (Å²) in [5.41, 5.74) is 0.934. The lowest BCUT2D eigenvalue weighted by Gasteiger charge is -2.03. The molecule has 0 bridgehead atoms. The summed E-state index contributed by atoms with van der Waals surface area (Å²) in [6, 6.07) is 3.83. The minimum Gasteiger partial charge on any atom is -0.505 e. The Morgan fingerprint density at radius 1 is 1.45 bits per heavy atom. The maximum absolute atomic E-state index is 12.9. The summed E-state index contributed by atoms with van der Waals surface area (Å²) in [7, 11) is 0. The number of benzene rings is 1. The van der Waals surface area contributed by atoms with Gasteiger partial charge in [-0.05, 0) is 17.7 Å². The van der Waals surface area contributed by atoms with Gasteiger partial charge >= 0.3 is 5.97 Å². The Balaban J connectivity index is 2.24. The number of halogens is 1. The molecule has 1 aromatic heterocycles. The molecule has 104 valence electrons. The SMILES string of the molecule is O=Cc1nn(Cc2ccc(F)c(O)c2)cc1CC(=O)O. The van der Waals surface area contributed by atoms with Gasteiger partial charge in [0, 0.05) is 11.8 Å². The number of rotatable bonds is 5.